The number of allylic oxidation sites excluding steroid dienone is 1. The highest BCUT2D eigenvalue weighted by molar-refractivity contribution is 6.32. The maximum atomic E-state index is 12.8. The largest absolute Gasteiger partial charge is 0.494 e. The average molecular weight is 335 g/mol. The van der Waals surface area contributed by atoms with Gasteiger partial charge in [-0.1, -0.05) is 43.3 Å². The lowest BCUT2D eigenvalue weighted by Gasteiger charge is -2.15. The number of aryl methyl sites for hydroxylation is 1. The molecule has 0 saturated carbocycles. The normalized spacial score (nSPS) is 14.9. The molecule has 0 spiro atoms. The zero-order valence-corrected chi connectivity index (χ0v) is 15.0. The summed E-state index contributed by atoms with van der Waals surface area (Å²) in [6.45, 7) is 5.54. The Hall–Kier alpha value is -2.55. The first kappa shape index (κ1) is 17.3. The molecule has 1 aliphatic rings. The van der Waals surface area contributed by atoms with Crippen molar-refractivity contribution >= 4 is 17.2 Å². The van der Waals surface area contributed by atoms with Gasteiger partial charge >= 0.3 is 0 Å². The van der Waals surface area contributed by atoms with E-state index in [-0.39, 0.29) is 5.91 Å². The summed E-state index contributed by atoms with van der Waals surface area (Å²) in [5.74, 6) is 1.04. The van der Waals surface area contributed by atoms with Crippen LogP contribution in [0.25, 0.3) is 5.57 Å². The minimum Gasteiger partial charge on any atom is -0.494 e. The standard InChI is InChI=1S/C22H25NO2/c1-3-16-23-21-11-6-5-9-19(21)20(22(23)24)10-7-8-17-12-14-18(15-13-17)25-4-2/h5-6,9-15H,3-4,7-8,16H2,1-2H3/b20-10+. The second kappa shape index (κ2) is 8.02. The second-order valence-electron chi connectivity index (χ2n) is 6.21. The molecule has 0 unspecified atom stereocenters. The number of nitrogens with zero attached hydrogens (tertiary/aromatic N) is 1. The van der Waals surface area contributed by atoms with Gasteiger partial charge in [0.25, 0.3) is 5.91 Å². The lowest BCUT2D eigenvalue weighted by atomic mass is 10.0. The van der Waals surface area contributed by atoms with E-state index in [0.29, 0.717) is 6.61 Å². The number of amides is 1. The molecule has 0 fully saturated rings. The summed E-state index contributed by atoms with van der Waals surface area (Å²) in [6, 6.07) is 16.3. The van der Waals surface area contributed by atoms with Crippen LogP contribution in [0.2, 0.25) is 0 Å². The minimum absolute atomic E-state index is 0.134. The third kappa shape index (κ3) is 3.76. The summed E-state index contributed by atoms with van der Waals surface area (Å²) in [6.07, 6.45) is 4.81. The third-order valence-corrected chi connectivity index (χ3v) is 4.42. The molecule has 0 N–H and O–H groups in total. The zero-order valence-electron chi connectivity index (χ0n) is 15.0. The predicted molar refractivity (Wildman–Crippen MR) is 103 cm³/mol. The molecule has 0 atom stereocenters. The van der Waals surface area contributed by atoms with Crippen LogP contribution in [0.3, 0.4) is 0 Å². The van der Waals surface area contributed by atoms with Crippen LogP contribution in [0.15, 0.2) is 54.6 Å². The van der Waals surface area contributed by atoms with Crippen LogP contribution >= 0.6 is 0 Å². The fourth-order valence-electron chi connectivity index (χ4n) is 3.25. The Labute approximate surface area is 149 Å². The zero-order chi connectivity index (χ0) is 17.6. The minimum atomic E-state index is 0.134. The first-order valence-electron chi connectivity index (χ1n) is 9.07. The van der Waals surface area contributed by atoms with Crippen LogP contribution < -0.4 is 9.64 Å². The number of rotatable bonds is 7. The van der Waals surface area contributed by atoms with Crippen molar-refractivity contribution in [3.05, 3.63) is 65.7 Å². The van der Waals surface area contributed by atoms with Gasteiger partial charge in [0.2, 0.25) is 0 Å². The molecule has 1 aliphatic heterocycles. The van der Waals surface area contributed by atoms with Gasteiger partial charge in [-0.15, -0.1) is 0 Å². The number of ether oxygens (including phenoxy) is 1. The maximum Gasteiger partial charge on any atom is 0.258 e. The molecule has 2 aromatic carbocycles. The predicted octanol–water partition coefficient (Wildman–Crippen LogP) is 4.86. The molecule has 0 bridgehead atoms. The van der Waals surface area contributed by atoms with E-state index in [4.69, 9.17) is 4.74 Å². The molecule has 3 nitrogen and oxygen atoms in total. The number of benzene rings is 2. The number of para-hydroxylation sites is 1. The molecule has 0 aromatic heterocycles. The van der Waals surface area contributed by atoms with Crippen molar-refractivity contribution in [3.63, 3.8) is 0 Å². The lowest BCUT2D eigenvalue weighted by Crippen LogP contribution is -2.26. The van der Waals surface area contributed by atoms with E-state index in [1.165, 1.54) is 5.56 Å². The molecule has 25 heavy (non-hydrogen) atoms. The summed E-state index contributed by atoms with van der Waals surface area (Å²) in [4.78, 5) is 14.7. The SMILES string of the molecule is CCCN1C(=O)/C(=C/CCc2ccc(OCC)cc2)c2ccccc21. The van der Waals surface area contributed by atoms with E-state index in [1.54, 1.807) is 0 Å². The number of hydrogen-bond acceptors (Lipinski definition) is 2. The van der Waals surface area contributed by atoms with E-state index in [0.717, 1.165) is 48.4 Å². The van der Waals surface area contributed by atoms with Gasteiger partial charge in [-0.05, 0) is 49.9 Å². The van der Waals surface area contributed by atoms with Gasteiger partial charge in [0.05, 0.1) is 12.3 Å². The number of hydrogen-bond donors (Lipinski definition) is 0. The van der Waals surface area contributed by atoms with Crippen LogP contribution in [-0.4, -0.2) is 19.1 Å². The quantitative estimate of drug-likeness (QED) is 0.676. The van der Waals surface area contributed by atoms with Crippen LogP contribution in [0.1, 0.15) is 37.8 Å². The highest BCUT2D eigenvalue weighted by atomic mass is 16.5. The first-order chi connectivity index (χ1) is 12.2. The van der Waals surface area contributed by atoms with Crippen molar-refractivity contribution in [1.29, 1.82) is 0 Å². The number of anilines is 1. The highest BCUT2D eigenvalue weighted by Crippen LogP contribution is 2.36. The maximum absolute atomic E-state index is 12.8. The van der Waals surface area contributed by atoms with Crippen molar-refractivity contribution < 1.29 is 9.53 Å². The molecule has 3 heteroatoms. The lowest BCUT2D eigenvalue weighted by molar-refractivity contribution is -0.113. The van der Waals surface area contributed by atoms with Gasteiger partial charge in [-0.25, -0.2) is 0 Å². The van der Waals surface area contributed by atoms with Gasteiger partial charge in [-0.2, -0.15) is 0 Å². The first-order valence-corrected chi connectivity index (χ1v) is 9.07. The average Bonchev–Trinajstić information content (AvgIpc) is 2.90. The molecule has 130 valence electrons. The van der Waals surface area contributed by atoms with E-state index >= 15 is 0 Å². The molecule has 1 amide bonds. The van der Waals surface area contributed by atoms with Crippen molar-refractivity contribution in [2.24, 2.45) is 0 Å². The van der Waals surface area contributed by atoms with Gasteiger partial charge in [0.1, 0.15) is 5.75 Å². The summed E-state index contributed by atoms with van der Waals surface area (Å²) in [5.41, 5.74) is 4.20. The Balaban J connectivity index is 1.72. The van der Waals surface area contributed by atoms with E-state index in [2.05, 4.69) is 25.1 Å². The Morgan fingerprint density at radius 2 is 1.80 bits per heavy atom. The van der Waals surface area contributed by atoms with Gasteiger partial charge < -0.3 is 9.64 Å². The Kier molecular flexibility index (Phi) is 5.54. The van der Waals surface area contributed by atoms with Crippen molar-refractivity contribution in [2.45, 2.75) is 33.1 Å². The van der Waals surface area contributed by atoms with Crippen molar-refractivity contribution in [3.8, 4) is 5.75 Å². The van der Waals surface area contributed by atoms with E-state index in [9.17, 15) is 4.79 Å². The monoisotopic (exact) mass is 335 g/mol. The number of fused-ring (bicyclic) bond motifs is 1. The van der Waals surface area contributed by atoms with Crippen molar-refractivity contribution in [2.75, 3.05) is 18.1 Å². The van der Waals surface area contributed by atoms with E-state index < -0.39 is 0 Å². The molecule has 1 heterocycles. The molecule has 3 rings (SSSR count). The number of carbonyl (C=O) groups is 1. The Morgan fingerprint density at radius 1 is 1.04 bits per heavy atom. The van der Waals surface area contributed by atoms with Crippen LogP contribution in [0.5, 0.6) is 5.75 Å². The van der Waals surface area contributed by atoms with Gasteiger partial charge in [-0.3, -0.25) is 4.79 Å². The summed E-state index contributed by atoms with van der Waals surface area (Å²) < 4.78 is 5.47. The summed E-state index contributed by atoms with van der Waals surface area (Å²) in [7, 11) is 0. The summed E-state index contributed by atoms with van der Waals surface area (Å²) in [5, 5.41) is 0. The van der Waals surface area contributed by atoms with Gasteiger partial charge in [0, 0.05) is 17.7 Å². The molecule has 0 saturated heterocycles. The topological polar surface area (TPSA) is 29.5 Å². The van der Waals surface area contributed by atoms with Crippen LogP contribution in [0, 0.1) is 0 Å². The molecule has 0 aliphatic carbocycles. The highest BCUT2D eigenvalue weighted by Gasteiger charge is 2.30. The second-order valence-corrected chi connectivity index (χ2v) is 6.21. The van der Waals surface area contributed by atoms with Crippen molar-refractivity contribution in [1.82, 2.24) is 0 Å². The molecular formula is C22H25NO2. The third-order valence-electron chi connectivity index (χ3n) is 4.42. The molecule has 0 radical (unpaired) electrons. The number of carbonyl (C=O) groups excluding carboxylic acids is 1. The fourth-order valence-corrected chi connectivity index (χ4v) is 3.25. The van der Waals surface area contributed by atoms with E-state index in [1.807, 2.05) is 48.2 Å². The fraction of sp³-hybridized carbons (Fsp3) is 0.318. The molecular weight excluding hydrogens is 310 g/mol. The molecule has 2 aromatic rings. The smallest absolute Gasteiger partial charge is 0.258 e. The Morgan fingerprint density at radius 3 is 2.52 bits per heavy atom. The Bertz CT molecular complexity index is 762. The van der Waals surface area contributed by atoms with Crippen LogP contribution in [0.4, 0.5) is 5.69 Å². The van der Waals surface area contributed by atoms with Crippen LogP contribution in [-0.2, 0) is 11.2 Å². The summed E-state index contributed by atoms with van der Waals surface area (Å²) >= 11 is 0. The van der Waals surface area contributed by atoms with Gasteiger partial charge in [0.15, 0.2) is 0 Å².